The second kappa shape index (κ2) is 5.74. The molecule has 1 amide bonds. The first-order valence-electron chi connectivity index (χ1n) is 6.93. The second-order valence-corrected chi connectivity index (χ2v) is 5.55. The molecule has 2 N–H and O–H groups in total. The lowest BCUT2D eigenvalue weighted by Crippen LogP contribution is -2.31. The first kappa shape index (κ1) is 13.9. The standard InChI is InChI=1S/C16H16ClN3O/c17-13-6-1-5-12(15(13)18)16(21)20-9-3-7-14(20)11-4-2-8-19-10-11/h1-2,4-6,8,10,14H,3,7,9,18H2. The zero-order valence-electron chi connectivity index (χ0n) is 11.5. The molecule has 1 unspecified atom stereocenters. The van der Waals surface area contributed by atoms with E-state index < -0.39 is 0 Å². The Morgan fingerprint density at radius 1 is 1.33 bits per heavy atom. The van der Waals surface area contributed by atoms with Crippen molar-refractivity contribution >= 4 is 23.2 Å². The summed E-state index contributed by atoms with van der Waals surface area (Å²) in [6.45, 7) is 0.727. The summed E-state index contributed by atoms with van der Waals surface area (Å²) >= 11 is 6.01. The number of benzene rings is 1. The van der Waals surface area contributed by atoms with Crippen LogP contribution in [0, 0.1) is 0 Å². The van der Waals surface area contributed by atoms with Crippen LogP contribution in [0.3, 0.4) is 0 Å². The summed E-state index contributed by atoms with van der Waals surface area (Å²) in [7, 11) is 0. The number of halogens is 1. The Morgan fingerprint density at radius 3 is 2.95 bits per heavy atom. The highest BCUT2D eigenvalue weighted by Crippen LogP contribution is 2.34. The van der Waals surface area contributed by atoms with Crippen molar-refractivity contribution in [2.24, 2.45) is 0 Å². The summed E-state index contributed by atoms with van der Waals surface area (Å²) in [5.74, 6) is -0.0682. The minimum absolute atomic E-state index is 0.0598. The van der Waals surface area contributed by atoms with Crippen LogP contribution in [-0.2, 0) is 0 Å². The van der Waals surface area contributed by atoms with Crippen molar-refractivity contribution in [2.45, 2.75) is 18.9 Å². The predicted octanol–water partition coefficient (Wildman–Crippen LogP) is 3.29. The lowest BCUT2D eigenvalue weighted by molar-refractivity contribution is 0.0736. The van der Waals surface area contributed by atoms with Crippen molar-refractivity contribution in [3.05, 3.63) is 58.9 Å². The predicted molar refractivity (Wildman–Crippen MR) is 83.1 cm³/mol. The van der Waals surface area contributed by atoms with E-state index in [1.54, 1.807) is 24.4 Å². The van der Waals surface area contributed by atoms with Gasteiger partial charge < -0.3 is 10.6 Å². The topological polar surface area (TPSA) is 59.2 Å². The molecule has 2 heterocycles. The molecule has 5 heteroatoms. The number of para-hydroxylation sites is 1. The van der Waals surface area contributed by atoms with Gasteiger partial charge in [0.25, 0.3) is 5.91 Å². The number of anilines is 1. The molecule has 1 aliphatic heterocycles. The Bertz CT molecular complexity index is 660. The van der Waals surface area contributed by atoms with Gasteiger partial charge >= 0.3 is 0 Å². The maximum atomic E-state index is 12.8. The lowest BCUT2D eigenvalue weighted by Gasteiger charge is -2.25. The average molecular weight is 302 g/mol. The number of hydrogen-bond acceptors (Lipinski definition) is 3. The number of nitrogens with zero attached hydrogens (tertiary/aromatic N) is 2. The first-order chi connectivity index (χ1) is 10.2. The molecule has 0 aliphatic carbocycles. The number of aromatic nitrogens is 1. The molecule has 1 fully saturated rings. The van der Waals surface area contributed by atoms with Gasteiger partial charge in [-0.15, -0.1) is 0 Å². The SMILES string of the molecule is Nc1c(Cl)cccc1C(=O)N1CCCC1c1cccnc1. The van der Waals surface area contributed by atoms with Crippen molar-refractivity contribution in [2.75, 3.05) is 12.3 Å². The number of nitrogens with two attached hydrogens (primary N) is 1. The Morgan fingerprint density at radius 2 is 2.19 bits per heavy atom. The third-order valence-electron chi connectivity index (χ3n) is 3.87. The summed E-state index contributed by atoms with van der Waals surface area (Å²) in [5.41, 5.74) is 7.82. The monoisotopic (exact) mass is 301 g/mol. The van der Waals surface area contributed by atoms with E-state index in [0.717, 1.165) is 24.9 Å². The number of pyridine rings is 1. The maximum absolute atomic E-state index is 12.8. The van der Waals surface area contributed by atoms with Crippen LogP contribution in [0.5, 0.6) is 0 Å². The largest absolute Gasteiger partial charge is 0.397 e. The highest BCUT2D eigenvalue weighted by Gasteiger charge is 2.31. The first-order valence-corrected chi connectivity index (χ1v) is 7.31. The lowest BCUT2D eigenvalue weighted by atomic mass is 10.1. The van der Waals surface area contributed by atoms with E-state index in [0.29, 0.717) is 16.3 Å². The number of rotatable bonds is 2. The van der Waals surface area contributed by atoms with Crippen LogP contribution in [0.25, 0.3) is 0 Å². The number of nitrogen functional groups attached to an aromatic ring is 1. The summed E-state index contributed by atoms with van der Waals surface area (Å²) in [4.78, 5) is 18.8. The normalized spacial score (nSPS) is 18.0. The van der Waals surface area contributed by atoms with Gasteiger partial charge in [0, 0.05) is 18.9 Å². The van der Waals surface area contributed by atoms with Crippen LogP contribution in [0.15, 0.2) is 42.7 Å². The third kappa shape index (κ3) is 2.59. The van der Waals surface area contributed by atoms with Gasteiger partial charge in [-0.2, -0.15) is 0 Å². The summed E-state index contributed by atoms with van der Waals surface area (Å²) in [5, 5.41) is 0.415. The van der Waals surface area contributed by atoms with Gasteiger partial charge in [-0.3, -0.25) is 9.78 Å². The van der Waals surface area contributed by atoms with Crippen LogP contribution < -0.4 is 5.73 Å². The van der Waals surface area contributed by atoms with Gasteiger partial charge in [-0.05, 0) is 36.6 Å². The van der Waals surface area contributed by atoms with E-state index >= 15 is 0 Å². The van der Waals surface area contributed by atoms with Crippen LogP contribution in [0.1, 0.15) is 34.8 Å². The van der Waals surface area contributed by atoms with Gasteiger partial charge in [0.1, 0.15) is 0 Å². The molecule has 1 aliphatic rings. The Labute approximate surface area is 128 Å². The zero-order valence-corrected chi connectivity index (χ0v) is 12.3. The average Bonchev–Trinajstić information content (AvgIpc) is 3.00. The molecule has 0 radical (unpaired) electrons. The Hall–Kier alpha value is -2.07. The molecule has 0 bridgehead atoms. The number of likely N-dealkylation sites (tertiary alicyclic amines) is 1. The molecule has 1 aromatic carbocycles. The van der Waals surface area contributed by atoms with Crippen molar-refractivity contribution < 1.29 is 4.79 Å². The fourth-order valence-electron chi connectivity index (χ4n) is 2.81. The fourth-order valence-corrected chi connectivity index (χ4v) is 2.98. The van der Waals surface area contributed by atoms with Gasteiger partial charge in [0.05, 0.1) is 22.3 Å². The second-order valence-electron chi connectivity index (χ2n) is 5.14. The van der Waals surface area contributed by atoms with Crippen molar-refractivity contribution in [1.82, 2.24) is 9.88 Å². The molecule has 21 heavy (non-hydrogen) atoms. The van der Waals surface area contributed by atoms with E-state index in [9.17, 15) is 4.79 Å². The van der Waals surface area contributed by atoms with Crippen LogP contribution in [-0.4, -0.2) is 22.3 Å². The zero-order chi connectivity index (χ0) is 14.8. The van der Waals surface area contributed by atoms with Gasteiger partial charge in [0.15, 0.2) is 0 Å². The van der Waals surface area contributed by atoms with Gasteiger partial charge in [0.2, 0.25) is 0 Å². The molecule has 0 spiro atoms. The highest BCUT2D eigenvalue weighted by molar-refractivity contribution is 6.33. The van der Waals surface area contributed by atoms with E-state index in [1.165, 1.54) is 0 Å². The number of hydrogen-bond donors (Lipinski definition) is 1. The molecule has 3 rings (SSSR count). The summed E-state index contributed by atoms with van der Waals surface area (Å²) in [6.07, 6.45) is 5.47. The molecule has 1 aromatic heterocycles. The Kier molecular flexibility index (Phi) is 3.80. The number of carbonyl (C=O) groups is 1. The van der Waals surface area contributed by atoms with Crippen LogP contribution in [0.2, 0.25) is 5.02 Å². The van der Waals surface area contributed by atoms with E-state index in [-0.39, 0.29) is 11.9 Å². The van der Waals surface area contributed by atoms with Crippen LogP contribution >= 0.6 is 11.6 Å². The van der Waals surface area contributed by atoms with Gasteiger partial charge in [-0.1, -0.05) is 23.7 Å². The minimum atomic E-state index is -0.0682. The summed E-state index contributed by atoms with van der Waals surface area (Å²) in [6, 6.07) is 9.12. The molecule has 0 saturated carbocycles. The van der Waals surface area contributed by atoms with E-state index in [2.05, 4.69) is 4.98 Å². The van der Waals surface area contributed by atoms with E-state index in [4.69, 9.17) is 17.3 Å². The smallest absolute Gasteiger partial charge is 0.256 e. The number of carbonyl (C=O) groups excluding carboxylic acids is 1. The quantitative estimate of drug-likeness (QED) is 0.866. The molecule has 4 nitrogen and oxygen atoms in total. The van der Waals surface area contributed by atoms with Crippen molar-refractivity contribution in [1.29, 1.82) is 0 Å². The third-order valence-corrected chi connectivity index (χ3v) is 4.20. The van der Waals surface area contributed by atoms with Crippen molar-refractivity contribution in [3.63, 3.8) is 0 Å². The van der Waals surface area contributed by atoms with E-state index in [1.807, 2.05) is 23.2 Å². The highest BCUT2D eigenvalue weighted by atomic mass is 35.5. The molecular weight excluding hydrogens is 286 g/mol. The summed E-state index contributed by atoms with van der Waals surface area (Å²) < 4.78 is 0. The maximum Gasteiger partial charge on any atom is 0.256 e. The van der Waals surface area contributed by atoms with Gasteiger partial charge in [-0.25, -0.2) is 0 Å². The van der Waals surface area contributed by atoms with Crippen molar-refractivity contribution in [3.8, 4) is 0 Å². The van der Waals surface area contributed by atoms with Crippen LogP contribution in [0.4, 0.5) is 5.69 Å². The Balaban J connectivity index is 1.92. The fraction of sp³-hybridized carbons (Fsp3) is 0.250. The number of amides is 1. The molecule has 2 aromatic rings. The minimum Gasteiger partial charge on any atom is -0.397 e. The molecule has 1 saturated heterocycles. The molecule has 1 atom stereocenters. The molecular formula is C16H16ClN3O. The molecule has 108 valence electrons.